The second kappa shape index (κ2) is 4.98. The lowest BCUT2D eigenvalue weighted by molar-refractivity contribution is -0.121. The zero-order valence-corrected chi connectivity index (χ0v) is 10.8. The molecule has 0 amide bonds. The smallest absolute Gasteiger partial charge is 0.136 e. The van der Waals surface area contributed by atoms with Crippen LogP contribution in [0.25, 0.3) is 0 Å². The molecule has 0 bridgehead atoms. The molecule has 1 heterocycles. The second-order valence-corrected chi connectivity index (χ2v) is 5.03. The number of nitrogens with one attached hydrogen (secondary N) is 1. The first-order valence-corrected chi connectivity index (χ1v) is 6.69. The SMILES string of the molecule is O=C1CCNC(c2ccccc2)(c2ccccc2)C1. The maximum absolute atomic E-state index is 12.0. The molecule has 96 valence electrons. The van der Waals surface area contributed by atoms with Crippen molar-refractivity contribution in [3.63, 3.8) is 0 Å². The van der Waals surface area contributed by atoms with Gasteiger partial charge in [0.15, 0.2) is 0 Å². The highest BCUT2D eigenvalue weighted by Gasteiger charge is 2.38. The van der Waals surface area contributed by atoms with Gasteiger partial charge in [0.2, 0.25) is 0 Å². The number of benzene rings is 2. The normalized spacial score (nSPS) is 18.2. The van der Waals surface area contributed by atoms with E-state index in [4.69, 9.17) is 0 Å². The molecule has 0 atom stereocenters. The fraction of sp³-hybridized carbons (Fsp3) is 0.235. The maximum atomic E-state index is 12.0. The highest BCUT2D eigenvalue weighted by molar-refractivity contribution is 5.82. The van der Waals surface area contributed by atoms with Gasteiger partial charge in [0.05, 0.1) is 5.54 Å². The number of ketones is 1. The third-order valence-corrected chi connectivity index (χ3v) is 3.83. The van der Waals surface area contributed by atoms with Crippen LogP contribution in [-0.4, -0.2) is 12.3 Å². The van der Waals surface area contributed by atoms with Crippen molar-refractivity contribution in [3.05, 3.63) is 71.8 Å². The molecule has 1 saturated heterocycles. The Balaban J connectivity index is 2.13. The van der Waals surface area contributed by atoms with E-state index < -0.39 is 0 Å². The lowest BCUT2D eigenvalue weighted by Gasteiger charge is -2.38. The van der Waals surface area contributed by atoms with E-state index in [0.717, 1.165) is 17.7 Å². The molecule has 2 heteroatoms. The average Bonchev–Trinajstić information content (AvgIpc) is 2.49. The summed E-state index contributed by atoms with van der Waals surface area (Å²) in [5.41, 5.74) is 1.96. The van der Waals surface area contributed by atoms with E-state index >= 15 is 0 Å². The first-order chi connectivity index (χ1) is 9.31. The zero-order valence-electron chi connectivity index (χ0n) is 10.8. The summed E-state index contributed by atoms with van der Waals surface area (Å²) >= 11 is 0. The van der Waals surface area contributed by atoms with E-state index in [9.17, 15) is 4.79 Å². The van der Waals surface area contributed by atoms with Crippen molar-refractivity contribution >= 4 is 5.78 Å². The van der Waals surface area contributed by atoms with Crippen molar-refractivity contribution in [3.8, 4) is 0 Å². The Kier molecular flexibility index (Phi) is 3.18. The van der Waals surface area contributed by atoms with Crippen molar-refractivity contribution in [1.82, 2.24) is 5.32 Å². The maximum Gasteiger partial charge on any atom is 0.136 e. The molecule has 2 aromatic rings. The van der Waals surface area contributed by atoms with Gasteiger partial charge in [0.1, 0.15) is 5.78 Å². The summed E-state index contributed by atoms with van der Waals surface area (Å²) in [4.78, 5) is 12.0. The summed E-state index contributed by atoms with van der Waals surface area (Å²) in [5.74, 6) is 0.325. The molecule has 0 unspecified atom stereocenters. The summed E-state index contributed by atoms with van der Waals surface area (Å²) in [6, 6.07) is 20.5. The average molecular weight is 251 g/mol. The molecule has 1 fully saturated rings. The molecule has 2 aromatic carbocycles. The Bertz CT molecular complexity index is 523. The molecule has 0 spiro atoms. The quantitative estimate of drug-likeness (QED) is 0.889. The van der Waals surface area contributed by atoms with Gasteiger partial charge in [-0.3, -0.25) is 4.79 Å². The van der Waals surface area contributed by atoms with Crippen LogP contribution in [0.5, 0.6) is 0 Å². The van der Waals surface area contributed by atoms with Crippen LogP contribution in [0.2, 0.25) is 0 Å². The molecule has 1 aliphatic rings. The Morgan fingerprint density at radius 1 is 0.842 bits per heavy atom. The lowest BCUT2D eigenvalue weighted by Crippen LogP contribution is -2.49. The first-order valence-electron chi connectivity index (χ1n) is 6.69. The van der Waals surface area contributed by atoms with Crippen molar-refractivity contribution in [2.24, 2.45) is 0 Å². The third kappa shape index (κ3) is 2.20. The Labute approximate surface area is 113 Å². The standard InChI is InChI=1S/C17H17NO/c19-16-11-12-18-17(13-16,14-7-3-1-4-8-14)15-9-5-2-6-10-15/h1-10,18H,11-13H2. The molecule has 0 aromatic heterocycles. The highest BCUT2D eigenvalue weighted by atomic mass is 16.1. The van der Waals surface area contributed by atoms with E-state index in [2.05, 4.69) is 29.6 Å². The lowest BCUT2D eigenvalue weighted by atomic mass is 9.76. The van der Waals surface area contributed by atoms with Crippen LogP contribution >= 0.6 is 0 Å². The van der Waals surface area contributed by atoms with Crippen molar-refractivity contribution in [2.45, 2.75) is 18.4 Å². The molecule has 0 radical (unpaired) electrons. The van der Waals surface area contributed by atoms with Gasteiger partial charge < -0.3 is 5.32 Å². The predicted octanol–water partition coefficient (Wildman–Crippen LogP) is 2.88. The first kappa shape index (κ1) is 12.1. The van der Waals surface area contributed by atoms with Crippen LogP contribution in [0.3, 0.4) is 0 Å². The Morgan fingerprint density at radius 3 is 1.84 bits per heavy atom. The monoisotopic (exact) mass is 251 g/mol. The minimum atomic E-state index is -0.363. The van der Waals surface area contributed by atoms with E-state index in [-0.39, 0.29) is 5.54 Å². The number of carbonyl (C=O) groups excluding carboxylic acids is 1. The van der Waals surface area contributed by atoms with Gasteiger partial charge in [0.25, 0.3) is 0 Å². The summed E-state index contributed by atoms with van der Waals surface area (Å²) in [7, 11) is 0. The van der Waals surface area contributed by atoms with Crippen LogP contribution in [0, 0.1) is 0 Å². The highest BCUT2D eigenvalue weighted by Crippen LogP contribution is 2.35. The summed E-state index contributed by atoms with van der Waals surface area (Å²) < 4.78 is 0. The molecular formula is C17H17NO. The number of piperidine rings is 1. The number of Topliss-reactive ketones (excluding diaryl/α,β-unsaturated/α-hetero) is 1. The molecule has 0 aliphatic carbocycles. The topological polar surface area (TPSA) is 29.1 Å². The van der Waals surface area contributed by atoms with E-state index in [1.807, 2.05) is 36.4 Å². The predicted molar refractivity (Wildman–Crippen MR) is 75.9 cm³/mol. The Hall–Kier alpha value is -1.93. The van der Waals surface area contributed by atoms with Crippen LogP contribution in [-0.2, 0) is 10.3 Å². The van der Waals surface area contributed by atoms with E-state index in [0.29, 0.717) is 18.6 Å². The van der Waals surface area contributed by atoms with Crippen LogP contribution < -0.4 is 5.32 Å². The summed E-state index contributed by atoms with van der Waals surface area (Å²) in [6.07, 6.45) is 1.16. The van der Waals surface area contributed by atoms with E-state index in [1.165, 1.54) is 0 Å². The van der Waals surface area contributed by atoms with Gasteiger partial charge in [-0.15, -0.1) is 0 Å². The number of carbonyl (C=O) groups is 1. The molecule has 1 N–H and O–H groups in total. The fourth-order valence-electron chi connectivity index (χ4n) is 2.88. The fourth-order valence-corrected chi connectivity index (χ4v) is 2.88. The van der Waals surface area contributed by atoms with Gasteiger partial charge in [-0.1, -0.05) is 60.7 Å². The van der Waals surface area contributed by atoms with E-state index in [1.54, 1.807) is 0 Å². The number of rotatable bonds is 2. The van der Waals surface area contributed by atoms with Crippen LogP contribution in [0.15, 0.2) is 60.7 Å². The van der Waals surface area contributed by atoms with Gasteiger partial charge in [0, 0.05) is 19.4 Å². The molecule has 0 saturated carbocycles. The molecule has 3 rings (SSSR count). The minimum absolute atomic E-state index is 0.325. The van der Waals surface area contributed by atoms with Gasteiger partial charge in [-0.05, 0) is 11.1 Å². The van der Waals surface area contributed by atoms with Crippen molar-refractivity contribution in [1.29, 1.82) is 0 Å². The number of hydrogen-bond acceptors (Lipinski definition) is 2. The molecule has 1 aliphatic heterocycles. The molecule has 2 nitrogen and oxygen atoms in total. The molecular weight excluding hydrogens is 234 g/mol. The second-order valence-electron chi connectivity index (χ2n) is 5.03. The largest absolute Gasteiger partial charge is 0.303 e. The van der Waals surface area contributed by atoms with Gasteiger partial charge in [-0.2, -0.15) is 0 Å². The number of hydrogen-bond donors (Lipinski definition) is 1. The van der Waals surface area contributed by atoms with Gasteiger partial charge >= 0.3 is 0 Å². The van der Waals surface area contributed by atoms with Crippen molar-refractivity contribution in [2.75, 3.05) is 6.54 Å². The zero-order chi connectivity index (χ0) is 13.1. The summed E-state index contributed by atoms with van der Waals surface area (Å²) in [6.45, 7) is 0.739. The summed E-state index contributed by atoms with van der Waals surface area (Å²) in [5, 5.41) is 3.57. The van der Waals surface area contributed by atoms with Gasteiger partial charge in [-0.25, -0.2) is 0 Å². The molecule has 19 heavy (non-hydrogen) atoms. The minimum Gasteiger partial charge on any atom is -0.303 e. The van der Waals surface area contributed by atoms with Crippen molar-refractivity contribution < 1.29 is 4.79 Å². The third-order valence-electron chi connectivity index (χ3n) is 3.83. The Morgan fingerprint density at radius 2 is 1.37 bits per heavy atom. The van der Waals surface area contributed by atoms with Crippen LogP contribution in [0.4, 0.5) is 0 Å². The van der Waals surface area contributed by atoms with Crippen LogP contribution in [0.1, 0.15) is 24.0 Å².